The van der Waals surface area contributed by atoms with Gasteiger partial charge in [0.2, 0.25) is 5.91 Å². The number of methoxy groups -OCH3 is 1. The first kappa shape index (κ1) is 30.4. The van der Waals surface area contributed by atoms with E-state index in [2.05, 4.69) is 58.6 Å². The van der Waals surface area contributed by atoms with Crippen LogP contribution in [0.25, 0.3) is 6.08 Å². The lowest BCUT2D eigenvalue weighted by Crippen LogP contribution is -2.50. The third-order valence-electron chi connectivity index (χ3n) is 7.14. The number of rotatable bonds is 9. The van der Waals surface area contributed by atoms with E-state index in [1.165, 1.54) is 5.56 Å². The molecule has 0 bridgehead atoms. The molecular weight excluding hydrogens is 486 g/mol. The highest BCUT2D eigenvalue weighted by Crippen LogP contribution is 2.23. The molecule has 0 atom stereocenters. The second kappa shape index (κ2) is 13.3. The van der Waals surface area contributed by atoms with Gasteiger partial charge in [-0.3, -0.25) is 14.5 Å². The van der Waals surface area contributed by atoms with Gasteiger partial charge in [-0.25, -0.2) is 0 Å². The summed E-state index contributed by atoms with van der Waals surface area (Å²) in [5, 5.41) is 0. The Morgan fingerprint density at radius 3 is 2.15 bits per heavy atom. The predicted molar refractivity (Wildman–Crippen MR) is 160 cm³/mol. The van der Waals surface area contributed by atoms with E-state index in [1.54, 1.807) is 7.11 Å². The summed E-state index contributed by atoms with van der Waals surface area (Å²) >= 11 is 0. The zero-order chi connectivity index (χ0) is 28.6. The van der Waals surface area contributed by atoms with Crippen LogP contribution in [0.2, 0.25) is 0 Å². The first-order chi connectivity index (χ1) is 18.4. The predicted octanol–water partition coefficient (Wildman–Crippen LogP) is 5.73. The minimum absolute atomic E-state index is 0.0690. The zero-order valence-electron chi connectivity index (χ0n) is 25.0. The molecular formula is C33H47N3O3. The quantitative estimate of drug-likeness (QED) is 0.413. The van der Waals surface area contributed by atoms with Crippen LogP contribution in [0.4, 0.5) is 0 Å². The average Bonchev–Trinajstić information content (AvgIpc) is 2.89. The molecule has 39 heavy (non-hydrogen) atoms. The van der Waals surface area contributed by atoms with Crippen LogP contribution in [0.3, 0.4) is 0 Å². The number of nitrogens with zero attached hydrogens (tertiary/aromatic N) is 3. The molecule has 2 aromatic rings. The van der Waals surface area contributed by atoms with Crippen LogP contribution in [0.15, 0.2) is 54.6 Å². The fourth-order valence-corrected chi connectivity index (χ4v) is 4.73. The summed E-state index contributed by atoms with van der Waals surface area (Å²) in [7, 11) is 1.67. The molecule has 3 rings (SSSR count). The SMILES string of the molecule is COc1ccccc1C=CCN(CCN1CCN(C(=O)c2ccc(C(C)(C)C)cc2)CC1)C(=O)CC(C)(C)C. The van der Waals surface area contributed by atoms with Crippen molar-refractivity contribution in [2.75, 3.05) is 52.9 Å². The van der Waals surface area contributed by atoms with Crippen LogP contribution in [0, 0.1) is 5.41 Å². The number of ether oxygens (including phenoxy) is 1. The maximum Gasteiger partial charge on any atom is 0.253 e. The van der Waals surface area contributed by atoms with Crippen molar-refractivity contribution in [1.82, 2.24) is 14.7 Å². The van der Waals surface area contributed by atoms with Crippen LogP contribution in [0.5, 0.6) is 5.75 Å². The third kappa shape index (κ3) is 9.24. The largest absolute Gasteiger partial charge is 0.496 e. The highest BCUT2D eigenvalue weighted by atomic mass is 16.5. The van der Waals surface area contributed by atoms with E-state index in [9.17, 15) is 9.59 Å². The van der Waals surface area contributed by atoms with Crippen LogP contribution in [0.1, 0.15) is 69.4 Å². The van der Waals surface area contributed by atoms with Crippen molar-refractivity contribution in [2.24, 2.45) is 5.41 Å². The first-order valence-corrected chi connectivity index (χ1v) is 14.1. The molecule has 2 amide bonds. The fourth-order valence-electron chi connectivity index (χ4n) is 4.73. The topological polar surface area (TPSA) is 53.1 Å². The summed E-state index contributed by atoms with van der Waals surface area (Å²) in [6.07, 6.45) is 4.57. The van der Waals surface area contributed by atoms with Crippen molar-refractivity contribution in [3.63, 3.8) is 0 Å². The molecule has 0 saturated carbocycles. The van der Waals surface area contributed by atoms with E-state index >= 15 is 0 Å². The lowest BCUT2D eigenvalue weighted by molar-refractivity contribution is -0.132. The lowest BCUT2D eigenvalue weighted by Gasteiger charge is -2.36. The summed E-state index contributed by atoms with van der Waals surface area (Å²) < 4.78 is 5.45. The second-order valence-corrected chi connectivity index (χ2v) is 12.7. The molecule has 1 aliphatic heterocycles. The Morgan fingerprint density at radius 2 is 1.56 bits per heavy atom. The zero-order valence-corrected chi connectivity index (χ0v) is 25.0. The Balaban J connectivity index is 1.56. The second-order valence-electron chi connectivity index (χ2n) is 12.7. The van der Waals surface area contributed by atoms with E-state index in [0.29, 0.717) is 32.6 Å². The molecule has 1 fully saturated rings. The van der Waals surface area contributed by atoms with Crippen molar-refractivity contribution >= 4 is 17.9 Å². The summed E-state index contributed by atoms with van der Waals surface area (Å²) in [5.74, 6) is 1.08. The molecule has 6 heteroatoms. The molecule has 0 aromatic heterocycles. The maximum atomic E-state index is 13.2. The van der Waals surface area contributed by atoms with E-state index in [4.69, 9.17) is 4.74 Å². The van der Waals surface area contributed by atoms with E-state index in [1.807, 2.05) is 58.4 Å². The number of amides is 2. The normalized spacial score (nSPS) is 15.0. The number of benzene rings is 2. The highest BCUT2D eigenvalue weighted by molar-refractivity contribution is 5.94. The van der Waals surface area contributed by atoms with Gasteiger partial charge in [0.1, 0.15) is 5.75 Å². The monoisotopic (exact) mass is 533 g/mol. The van der Waals surface area contributed by atoms with E-state index < -0.39 is 0 Å². The minimum Gasteiger partial charge on any atom is -0.496 e. The number of carbonyl (C=O) groups excluding carboxylic acids is 2. The van der Waals surface area contributed by atoms with Crippen molar-refractivity contribution < 1.29 is 14.3 Å². The van der Waals surface area contributed by atoms with Gasteiger partial charge in [0, 0.05) is 63.4 Å². The highest BCUT2D eigenvalue weighted by Gasteiger charge is 2.25. The van der Waals surface area contributed by atoms with E-state index in [-0.39, 0.29) is 22.6 Å². The molecule has 0 radical (unpaired) electrons. The molecule has 2 aromatic carbocycles. The fraction of sp³-hybridized carbons (Fsp3) is 0.515. The third-order valence-corrected chi connectivity index (χ3v) is 7.14. The van der Waals surface area contributed by atoms with Gasteiger partial charge in [0.25, 0.3) is 5.91 Å². The van der Waals surface area contributed by atoms with Gasteiger partial charge in [-0.05, 0) is 34.6 Å². The van der Waals surface area contributed by atoms with Crippen LogP contribution in [-0.2, 0) is 10.2 Å². The van der Waals surface area contributed by atoms with Crippen molar-refractivity contribution in [1.29, 1.82) is 0 Å². The van der Waals surface area contributed by atoms with Gasteiger partial charge in [-0.2, -0.15) is 0 Å². The lowest BCUT2D eigenvalue weighted by atomic mass is 9.86. The van der Waals surface area contributed by atoms with Crippen molar-refractivity contribution in [2.45, 2.75) is 53.4 Å². The van der Waals surface area contributed by atoms with Gasteiger partial charge in [0.05, 0.1) is 7.11 Å². The number of carbonyl (C=O) groups is 2. The van der Waals surface area contributed by atoms with Crippen LogP contribution in [-0.4, -0.2) is 79.4 Å². The Hall–Kier alpha value is -3.12. The number of hydrogen-bond acceptors (Lipinski definition) is 4. The number of piperazine rings is 1. The Bertz CT molecular complexity index is 1120. The Morgan fingerprint density at radius 1 is 0.923 bits per heavy atom. The van der Waals surface area contributed by atoms with Crippen molar-refractivity contribution in [3.05, 3.63) is 71.3 Å². The molecule has 1 heterocycles. The van der Waals surface area contributed by atoms with Crippen LogP contribution < -0.4 is 4.74 Å². The Labute approximate surface area is 235 Å². The average molecular weight is 534 g/mol. The summed E-state index contributed by atoms with van der Waals surface area (Å²) in [5.41, 5.74) is 2.97. The molecule has 0 N–H and O–H groups in total. The Kier molecular flexibility index (Phi) is 10.4. The molecule has 6 nitrogen and oxygen atoms in total. The first-order valence-electron chi connectivity index (χ1n) is 14.1. The van der Waals surface area contributed by atoms with Gasteiger partial charge in [-0.15, -0.1) is 0 Å². The summed E-state index contributed by atoms with van der Waals surface area (Å²) in [6, 6.07) is 15.9. The summed E-state index contributed by atoms with van der Waals surface area (Å²) in [4.78, 5) is 32.5. The van der Waals surface area contributed by atoms with Gasteiger partial charge < -0.3 is 14.5 Å². The van der Waals surface area contributed by atoms with E-state index in [0.717, 1.165) is 36.5 Å². The van der Waals surface area contributed by atoms with Gasteiger partial charge >= 0.3 is 0 Å². The molecule has 0 aliphatic carbocycles. The van der Waals surface area contributed by atoms with Crippen LogP contribution >= 0.6 is 0 Å². The number of para-hydroxylation sites is 1. The standard InChI is InChI=1S/C33H47N3O3/c1-32(2,3)25-30(37)35(18-10-12-26-11-8-9-13-29(26)39-7)22-19-34-20-23-36(24-21-34)31(38)27-14-16-28(17-15-27)33(4,5)6/h8-17H,18-25H2,1-7H3. The maximum absolute atomic E-state index is 13.2. The smallest absolute Gasteiger partial charge is 0.253 e. The van der Waals surface area contributed by atoms with Gasteiger partial charge in [-0.1, -0.05) is 84.0 Å². The molecule has 1 aliphatic rings. The summed E-state index contributed by atoms with van der Waals surface area (Å²) in [6.45, 7) is 17.8. The minimum atomic E-state index is -0.0707. The molecule has 0 unspecified atom stereocenters. The van der Waals surface area contributed by atoms with Gasteiger partial charge in [0.15, 0.2) is 0 Å². The molecule has 0 spiro atoms. The number of hydrogen-bond donors (Lipinski definition) is 0. The van der Waals surface area contributed by atoms with Crippen molar-refractivity contribution in [3.8, 4) is 5.75 Å². The molecule has 1 saturated heterocycles. The molecule has 212 valence electrons.